The molecule has 1 aliphatic carbocycles. The summed E-state index contributed by atoms with van der Waals surface area (Å²) in [6.07, 6.45) is 12.2. The fourth-order valence-corrected chi connectivity index (χ4v) is 7.74. The molecule has 1 saturated carbocycles. The average molecular weight is 535 g/mol. The van der Waals surface area contributed by atoms with Crippen LogP contribution < -0.4 is 10.6 Å². The van der Waals surface area contributed by atoms with Gasteiger partial charge in [0.2, 0.25) is 17.7 Å². The molecule has 0 aromatic heterocycles. The first kappa shape index (κ1) is 26.5. The fraction of sp³-hybridized carbons (Fsp3) is 0.645. The van der Waals surface area contributed by atoms with Gasteiger partial charge in [0.25, 0.3) is 0 Å². The van der Waals surface area contributed by atoms with Gasteiger partial charge in [0.05, 0.1) is 17.9 Å². The second-order valence-corrected chi connectivity index (χ2v) is 12.3. The van der Waals surface area contributed by atoms with E-state index in [-0.39, 0.29) is 23.8 Å². The van der Waals surface area contributed by atoms with Gasteiger partial charge in [-0.15, -0.1) is 0 Å². The number of likely N-dealkylation sites (tertiary alicyclic amines) is 2. The molecule has 4 fully saturated rings. The highest BCUT2D eigenvalue weighted by Gasteiger charge is 2.72. The first-order valence-electron chi connectivity index (χ1n) is 15.0. The van der Waals surface area contributed by atoms with Crippen LogP contribution in [0.2, 0.25) is 0 Å². The SMILES string of the molecule is Cc1cc(C)cc(NC(=O)[C@@H]2[C@@H]3C=C[C@]4(O3)[C@@H]2C(=O)N(CCN2CCCCC2)[C@H]4C(=O)NC2CCCCC2)c1. The Kier molecular flexibility index (Phi) is 7.27. The van der Waals surface area contributed by atoms with Crippen molar-refractivity contribution in [2.45, 2.75) is 89.0 Å². The number of benzene rings is 1. The molecule has 4 aliphatic heterocycles. The Balaban J connectivity index is 1.27. The first-order chi connectivity index (χ1) is 18.9. The van der Waals surface area contributed by atoms with Crippen LogP contribution in [0.3, 0.4) is 0 Å². The number of carbonyl (C=O) groups is 3. The van der Waals surface area contributed by atoms with Gasteiger partial charge in [0.1, 0.15) is 11.6 Å². The number of aryl methyl sites for hydroxylation is 2. The molecule has 2 bridgehead atoms. The summed E-state index contributed by atoms with van der Waals surface area (Å²) in [6, 6.07) is 5.30. The fourth-order valence-electron chi connectivity index (χ4n) is 7.74. The summed E-state index contributed by atoms with van der Waals surface area (Å²) in [6.45, 7) is 7.24. The van der Waals surface area contributed by atoms with E-state index in [0.717, 1.165) is 62.1 Å². The molecule has 5 aliphatic rings. The lowest BCUT2D eigenvalue weighted by atomic mass is 9.74. The van der Waals surface area contributed by atoms with E-state index >= 15 is 0 Å². The average Bonchev–Trinajstić information content (AvgIpc) is 3.55. The van der Waals surface area contributed by atoms with Gasteiger partial charge in [-0.3, -0.25) is 14.4 Å². The Morgan fingerprint density at radius 3 is 2.36 bits per heavy atom. The highest BCUT2D eigenvalue weighted by atomic mass is 16.5. The maximum Gasteiger partial charge on any atom is 0.246 e. The van der Waals surface area contributed by atoms with Crippen molar-refractivity contribution in [2.24, 2.45) is 11.8 Å². The summed E-state index contributed by atoms with van der Waals surface area (Å²) < 4.78 is 6.51. The number of amides is 3. The van der Waals surface area contributed by atoms with E-state index < -0.39 is 29.6 Å². The van der Waals surface area contributed by atoms with E-state index in [9.17, 15) is 14.4 Å². The largest absolute Gasteiger partial charge is 0.359 e. The van der Waals surface area contributed by atoms with Crippen LogP contribution in [0.5, 0.6) is 0 Å². The number of nitrogens with zero attached hydrogens (tertiary/aromatic N) is 2. The van der Waals surface area contributed by atoms with Gasteiger partial charge in [-0.25, -0.2) is 0 Å². The predicted octanol–water partition coefficient (Wildman–Crippen LogP) is 3.33. The van der Waals surface area contributed by atoms with E-state index in [1.165, 1.54) is 25.7 Å². The molecule has 3 amide bonds. The lowest BCUT2D eigenvalue weighted by Crippen LogP contribution is -2.57. The van der Waals surface area contributed by atoms with E-state index in [4.69, 9.17) is 4.74 Å². The number of hydrogen-bond donors (Lipinski definition) is 2. The summed E-state index contributed by atoms with van der Waals surface area (Å²) in [4.78, 5) is 46.0. The smallest absolute Gasteiger partial charge is 0.246 e. The molecule has 210 valence electrons. The molecule has 3 saturated heterocycles. The lowest BCUT2D eigenvalue weighted by molar-refractivity contribution is -0.141. The van der Waals surface area contributed by atoms with Crippen LogP contribution in [-0.2, 0) is 19.1 Å². The van der Waals surface area contributed by atoms with Crippen LogP contribution in [0.4, 0.5) is 5.69 Å². The lowest BCUT2D eigenvalue weighted by Gasteiger charge is -2.35. The maximum absolute atomic E-state index is 14.2. The van der Waals surface area contributed by atoms with Crippen molar-refractivity contribution in [2.75, 3.05) is 31.5 Å². The standard InChI is InChI=1S/C31H42N4O4/c1-20-17-21(2)19-23(18-20)33-28(36)25-24-11-12-31(39-24)26(25)30(38)35(16-15-34-13-7-4-8-14-34)27(31)29(37)32-22-9-5-3-6-10-22/h11-12,17-19,22,24-27H,3-10,13-16H2,1-2H3,(H,32,37)(H,33,36)/t24-,25+,26-,27-,31-/m0/s1. The molecule has 8 nitrogen and oxygen atoms in total. The molecule has 6 rings (SSSR count). The van der Waals surface area contributed by atoms with Gasteiger partial charge >= 0.3 is 0 Å². The van der Waals surface area contributed by atoms with E-state index in [0.29, 0.717) is 6.54 Å². The van der Waals surface area contributed by atoms with Crippen molar-refractivity contribution in [3.05, 3.63) is 41.5 Å². The number of carbonyl (C=O) groups excluding carboxylic acids is 3. The van der Waals surface area contributed by atoms with Crippen LogP contribution in [0.25, 0.3) is 0 Å². The summed E-state index contributed by atoms with van der Waals surface area (Å²) in [5.41, 5.74) is 1.74. The third-order valence-corrected chi connectivity index (χ3v) is 9.47. The van der Waals surface area contributed by atoms with E-state index in [2.05, 4.69) is 21.6 Å². The Hall–Kier alpha value is -2.71. The second-order valence-electron chi connectivity index (χ2n) is 12.3. The minimum Gasteiger partial charge on any atom is -0.359 e. The van der Waals surface area contributed by atoms with Crippen molar-refractivity contribution in [3.8, 4) is 0 Å². The summed E-state index contributed by atoms with van der Waals surface area (Å²) in [7, 11) is 0. The molecular weight excluding hydrogens is 492 g/mol. The Bertz CT molecular complexity index is 1130. The number of fused-ring (bicyclic) bond motifs is 1. The van der Waals surface area contributed by atoms with Crippen molar-refractivity contribution < 1.29 is 19.1 Å². The molecule has 8 heteroatoms. The molecule has 4 heterocycles. The van der Waals surface area contributed by atoms with Crippen LogP contribution in [-0.4, -0.2) is 77.5 Å². The third kappa shape index (κ3) is 4.91. The van der Waals surface area contributed by atoms with Gasteiger partial charge in [0, 0.05) is 24.8 Å². The molecule has 1 aromatic rings. The van der Waals surface area contributed by atoms with Gasteiger partial charge < -0.3 is 25.2 Å². The van der Waals surface area contributed by atoms with Gasteiger partial charge in [-0.05, 0) is 75.9 Å². The number of piperidine rings is 1. The van der Waals surface area contributed by atoms with E-state index in [1.54, 1.807) is 4.90 Å². The van der Waals surface area contributed by atoms with Crippen molar-refractivity contribution in [1.82, 2.24) is 15.1 Å². The highest BCUT2D eigenvalue weighted by molar-refractivity contribution is 6.02. The topological polar surface area (TPSA) is 91.0 Å². The molecule has 1 spiro atoms. The summed E-state index contributed by atoms with van der Waals surface area (Å²) >= 11 is 0. The zero-order valence-corrected chi connectivity index (χ0v) is 23.3. The second kappa shape index (κ2) is 10.7. The number of anilines is 1. The highest BCUT2D eigenvalue weighted by Crippen LogP contribution is 2.55. The molecule has 0 radical (unpaired) electrons. The Morgan fingerprint density at radius 2 is 1.64 bits per heavy atom. The molecule has 2 N–H and O–H groups in total. The van der Waals surface area contributed by atoms with E-state index in [1.807, 2.05) is 38.1 Å². The minimum atomic E-state index is -1.10. The summed E-state index contributed by atoms with van der Waals surface area (Å²) in [5.74, 6) is -1.88. The Morgan fingerprint density at radius 1 is 0.949 bits per heavy atom. The van der Waals surface area contributed by atoms with Gasteiger partial charge in [0.15, 0.2) is 0 Å². The first-order valence-corrected chi connectivity index (χ1v) is 15.0. The quantitative estimate of drug-likeness (QED) is 0.524. The predicted molar refractivity (Wildman–Crippen MR) is 149 cm³/mol. The van der Waals surface area contributed by atoms with Gasteiger partial charge in [-0.2, -0.15) is 0 Å². The van der Waals surface area contributed by atoms with Gasteiger partial charge in [-0.1, -0.05) is 43.9 Å². The van der Waals surface area contributed by atoms with Crippen LogP contribution in [0, 0.1) is 25.7 Å². The van der Waals surface area contributed by atoms with Crippen LogP contribution in [0.15, 0.2) is 30.4 Å². The summed E-state index contributed by atoms with van der Waals surface area (Å²) in [5, 5.41) is 6.33. The van der Waals surface area contributed by atoms with Crippen LogP contribution >= 0.6 is 0 Å². The number of rotatable bonds is 7. The van der Waals surface area contributed by atoms with Crippen LogP contribution in [0.1, 0.15) is 62.5 Å². The monoisotopic (exact) mass is 534 g/mol. The number of hydrogen-bond acceptors (Lipinski definition) is 5. The number of ether oxygens (including phenoxy) is 1. The third-order valence-electron chi connectivity index (χ3n) is 9.47. The minimum absolute atomic E-state index is 0.131. The Labute approximate surface area is 231 Å². The normalized spacial score (nSPS) is 32.5. The zero-order chi connectivity index (χ0) is 27.1. The van der Waals surface area contributed by atoms with Crippen molar-refractivity contribution in [1.29, 1.82) is 0 Å². The zero-order valence-electron chi connectivity index (χ0n) is 23.3. The molecule has 5 atom stereocenters. The molecule has 0 unspecified atom stereocenters. The van der Waals surface area contributed by atoms with Crippen molar-refractivity contribution in [3.63, 3.8) is 0 Å². The van der Waals surface area contributed by atoms with Crippen molar-refractivity contribution >= 4 is 23.4 Å². The molecular formula is C31H42N4O4. The molecule has 1 aromatic carbocycles. The maximum atomic E-state index is 14.2. The number of nitrogens with one attached hydrogen (secondary N) is 2. The molecule has 39 heavy (non-hydrogen) atoms.